The van der Waals surface area contributed by atoms with Crippen molar-refractivity contribution >= 4 is 17.5 Å². The number of nitrogens with zero attached hydrogens (tertiary/aromatic N) is 5. The SMILES string of the molecule is Cc1ccc(C(=O)N2CC(c3ccc(-c4ccnn4C)cc3)C2)cc1CC(=O)c1ccc(N2CCOCC2)nc1. The lowest BCUT2D eigenvalue weighted by Gasteiger charge is -2.39. The topological polar surface area (TPSA) is 80.6 Å². The lowest BCUT2D eigenvalue weighted by molar-refractivity contribution is 0.0602. The number of amides is 1. The van der Waals surface area contributed by atoms with Crippen LogP contribution in [0, 0.1) is 6.92 Å². The summed E-state index contributed by atoms with van der Waals surface area (Å²) in [4.78, 5) is 34.9. The second-order valence-corrected chi connectivity index (χ2v) is 10.6. The van der Waals surface area contributed by atoms with Crippen molar-refractivity contribution in [2.24, 2.45) is 7.05 Å². The molecule has 4 heterocycles. The normalized spacial score (nSPS) is 15.7. The van der Waals surface area contributed by atoms with Crippen LogP contribution in [0.3, 0.4) is 0 Å². The fourth-order valence-electron chi connectivity index (χ4n) is 5.42. The third kappa shape index (κ3) is 5.27. The van der Waals surface area contributed by atoms with Gasteiger partial charge in [-0.1, -0.05) is 30.3 Å². The van der Waals surface area contributed by atoms with Crippen molar-refractivity contribution in [1.82, 2.24) is 19.7 Å². The number of aromatic nitrogens is 3. The highest BCUT2D eigenvalue weighted by atomic mass is 16.5. The Morgan fingerprint density at radius 1 is 0.950 bits per heavy atom. The molecule has 2 fully saturated rings. The molecular weight excluding hydrogens is 502 g/mol. The van der Waals surface area contributed by atoms with E-state index in [2.05, 4.69) is 39.2 Å². The largest absolute Gasteiger partial charge is 0.378 e. The summed E-state index contributed by atoms with van der Waals surface area (Å²) in [5.74, 6) is 1.19. The van der Waals surface area contributed by atoms with E-state index in [-0.39, 0.29) is 18.1 Å². The number of carbonyl (C=O) groups excluding carboxylic acids is 2. The summed E-state index contributed by atoms with van der Waals surface area (Å²) < 4.78 is 7.27. The minimum absolute atomic E-state index is 0.00712. The first-order valence-corrected chi connectivity index (χ1v) is 13.8. The second kappa shape index (κ2) is 11.1. The van der Waals surface area contributed by atoms with E-state index in [1.807, 2.05) is 60.0 Å². The summed E-state index contributed by atoms with van der Waals surface area (Å²) in [6, 6.07) is 19.9. The van der Waals surface area contributed by atoms with Gasteiger partial charge in [-0.3, -0.25) is 14.3 Å². The molecule has 8 heteroatoms. The Balaban J connectivity index is 1.07. The molecule has 0 radical (unpaired) electrons. The summed E-state index contributed by atoms with van der Waals surface area (Å²) in [7, 11) is 1.94. The standard InChI is InChI=1S/C32H33N5O3/c1-22-3-4-25(17-27(22)18-30(38)26-9-10-31(33-19-26)36-13-15-40-16-14-36)32(39)37-20-28(21-37)23-5-7-24(8-6-23)29-11-12-34-35(29)2/h3-12,17,19,28H,13-16,18,20-21H2,1-2H3. The van der Waals surface area contributed by atoms with E-state index >= 15 is 0 Å². The number of pyridine rings is 1. The Morgan fingerprint density at radius 2 is 1.70 bits per heavy atom. The molecule has 2 aliphatic heterocycles. The average molecular weight is 536 g/mol. The van der Waals surface area contributed by atoms with Gasteiger partial charge in [0.2, 0.25) is 0 Å². The fraction of sp³-hybridized carbons (Fsp3) is 0.312. The molecule has 0 atom stereocenters. The molecular formula is C32H33N5O3. The van der Waals surface area contributed by atoms with Gasteiger partial charge in [0, 0.05) is 69.1 Å². The zero-order valence-corrected chi connectivity index (χ0v) is 22.9. The van der Waals surface area contributed by atoms with Crippen molar-refractivity contribution in [3.63, 3.8) is 0 Å². The highest BCUT2D eigenvalue weighted by molar-refractivity contribution is 5.99. The molecule has 2 saturated heterocycles. The Kier molecular flexibility index (Phi) is 7.17. The molecule has 2 aliphatic rings. The van der Waals surface area contributed by atoms with Crippen LogP contribution in [0.5, 0.6) is 0 Å². The Bertz CT molecular complexity index is 1520. The Morgan fingerprint density at radius 3 is 2.38 bits per heavy atom. The van der Waals surface area contributed by atoms with Gasteiger partial charge in [-0.25, -0.2) is 4.98 Å². The van der Waals surface area contributed by atoms with E-state index in [0.717, 1.165) is 41.3 Å². The maximum Gasteiger partial charge on any atom is 0.253 e. The minimum atomic E-state index is -0.00712. The first-order chi connectivity index (χ1) is 19.5. The molecule has 0 spiro atoms. The number of likely N-dealkylation sites (tertiary alicyclic amines) is 1. The number of rotatable bonds is 7. The third-order valence-corrected chi connectivity index (χ3v) is 8.02. The molecule has 4 aromatic rings. The summed E-state index contributed by atoms with van der Waals surface area (Å²) in [5, 5.41) is 4.24. The lowest BCUT2D eigenvalue weighted by Crippen LogP contribution is -2.48. The molecule has 0 N–H and O–H groups in total. The molecule has 0 aliphatic carbocycles. The maximum absolute atomic E-state index is 13.3. The van der Waals surface area contributed by atoms with Crippen molar-refractivity contribution in [3.8, 4) is 11.3 Å². The smallest absolute Gasteiger partial charge is 0.253 e. The molecule has 204 valence electrons. The van der Waals surface area contributed by atoms with E-state index in [9.17, 15) is 9.59 Å². The second-order valence-electron chi connectivity index (χ2n) is 10.6. The number of anilines is 1. The number of hydrogen-bond donors (Lipinski definition) is 0. The number of aryl methyl sites for hydroxylation is 2. The summed E-state index contributed by atoms with van der Waals surface area (Å²) >= 11 is 0. The van der Waals surface area contributed by atoms with Crippen molar-refractivity contribution in [2.75, 3.05) is 44.3 Å². The van der Waals surface area contributed by atoms with Crippen LogP contribution in [0.25, 0.3) is 11.3 Å². The Hall–Kier alpha value is -4.30. The molecule has 0 unspecified atom stereocenters. The molecule has 1 amide bonds. The number of morpholine rings is 1. The highest BCUT2D eigenvalue weighted by Gasteiger charge is 2.32. The molecule has 40 heavy (non-hydrogen) atoms. The van der Waals surface area contributed by atoms with Gasteiger partial charge >= 0.3 is 0 Å². The minimum Gasteiger partial charge on any atom is -0.378 e. The summed E-state index contributed by atoms with van der Waals surface area (Å²) in [6.07, 6.45) is 3.68. The van der Waals surface area contributed by atoms with Crippen LogP contribution in [0.15, 0.2) is 73.1 Å². The van der Waals surface area contributed by atoms with Crippen molar-refractivity contribution < 1.29 is 14.3 Å². The molecule has 2 aromatic carbocycles. The first-order valence-electron chi connectivity index (χ1n) is 13.8. The predicted molar refractivity (Wildman–Crippen MR) is 154 cm³/mol. The van der Waals surface area contributed by atoms with Gasteiger partial charge in [0.1, 0.15) is 5.82 Å². The molecule has 8 nitrogen and oxygen atoms in total. The van der Waals surface area contributed by atoms with Crippen LogP contribution in [-0.4, -0.2) is 70.7 Å². The maximum atomic E-state index is 13.3. The third-order valence-electron chi connectivity index (χ3n) is 8.02. The van der Waals surface area contributed by atoms with Crippen LogP contribution >= 0.6 is 0 Å². The summed E-state index contributed by atoms with van der Waals surface area (Å²) in [6.45, 7) is 6.34. The highest BCUT2D eigenvalue weighted by Crippen LogP contribution is 2.30. The van der Waals surface area contributed by atoms with Crippen LogP contribution in [-0.2, 0) is 18.2 Å². The van der Waals surface area contributed by atoms with Crippen molar-refractivity contribution in [2.45, 2.75) is 19.3 Å². The molecule has 6 rings (SSSR count). The van der Waals surface area contributed by atoms with Gasteiger partial charge in [0.05, 0.1) is 18.9 Å². The molecule has 2 aromatic heterocycles. The van der Waals surface area contributed by atoms with Gasteiger partial charge < -0.3 is 14.5 Å². The van der Waals surface area contributed by atoms with E-state index in [4.69, 9.17) is 4.74 Å². The predicted octanol–water partition coefficient (Wildman–Crippen LogP) is 4.29. The molecule has 0 saturated carbocycles. The number of hydrogen-bond acceptors (Lipinski definition) is 6. The van der Waals surface area contributed by atoms with Gasteiger partial charge in [0.25, 0.3) is 5.91 Å². The van der Waals surface area contributed by atoms with Gasteiger partial charge in [-0.05, 0) is 59.5 Å². The van der Waals surface area contributed by atoms with Crippen molar-refractivity contribution in [1.29, 1.82) is 0 Å². The van der Waals surface area contributed by atoms with Crippen LogP contribution in [0.4, 0.5) is 5.82 Å². The summed E-state index contributed by atoms with van der Waals surface area (Å²) in [5.41, 5.74) is 6.51. The van der Waals surface area contributed by atoms with Crippen LogP contribution in [0.2, 0.25) is 0 Å². The van der Waals surface area contributed by atoms with Gasteiger partial charge in [-0.2, -0.15) is 5.10 Å². The van der Waals surface area contributed by atoms with Crippen LogP contribution < -0.4 is 4.90 Å². The average Bonchev–Trinajstić information content (AvgIpc) is 3.40. The van der Waals surface area contributed by atoms with E-state index in [1.54, 1.807) is 12.4 Å². The number of ketones is 1. The lowest BCUT2D eigenvalue weighted by atomic mass is 9.89. The van der Waals surface area contributed by atoms with Gasteiger partial charge in [0.15, 0.2) is 5.78 Å². The zero-order chi connectivity index (χ0) is 27.6. The van der Waals surface area contributed by atoms with E-state index in [1.165, 1.54) is 5.56 Å². The van der Waals surface area contributed by atoms with E-state index in [0.29, 0.717) is 43.3 Å². The quantitative estimate of drug-likeness (QED) is 0.329. The van der Waals surface area contributed by atoms with Crippen LogP contribution in [0.1, 0.15) is 43.3 Å². The number of Topliss-reactive ketones (excluding diaryl/α,β-unsaturated/α-hetero) is 1. The van der Waals surface area contributed by atoms with Crippen molar-refractivity contribution in [3.05, 3.63) is 101 Å². The zero-order valence-electron chi connectivity index (χ0n) is 22.9. The monoisotopic (exact) mass is 535 g/mol. The van der Waals surface area contributed by atoms with E-state index < -0.39 is 0 Å². The Labute approximate surface area is 234 Å². The van der Waals surface area contributed by atoms with Gasteiger partial charge in [-0.15, -0.1) is 0 Å². The number of carbonyl (C=O) groups is 2. The molecule has 0 bridgehead atoms. The first kappa shape index (κ1) is 26.0. The number of benzene rings is 2. The number of ether oxygens (including phenoxy) is 1. The fourth-order valence-corrected chi connectivity index (χ4v) is 5.42.